The van der Waals surface area contributed by atoms with Gasteiger partial charge in [0, 0.05) is 26.1 Å². The lowest BCUT2D eigenvalue weighted by atomic mass is 9.78. The molecule has 1 aliphatic carbocycles. The first kappa shape index (κ1) is 14.4. The number of nitrogens with one attached hydrogen (secondary N) is 1. The molecule has 1 fully saturated rings. The lowest BCUT2D eigenvalue weighted by Gasteiger charge is -2.39. The fourth-order valence-electron chi connectivity index (χ4n) is 3.19. The molecule has 0 radical (unpaired) electrons. The van der Waals surface area contributed by atoms with Crippen LogP contribution in [-0.4, -0.2) is 5.54 Å². The molecule has 0 bridgehead atoms. The molecule has 1 heterocycles. The minimum atomic E-state index is 0.257. The van der Waals surface area contributed by atoms with Gasteiger partial charge in [-0.05, 0) is 65.1 Å². The summed E-state index contributed by atoms with van der Waals surface area (Å²) in [6.45, 7) is 0. The SMILES string of the molecule is Ic1cccc(NC2(Cc3cccs3)CCCCC2)c1. The van der Waals surface area contributed by atoms with E-state index in [0.29, 0.717) is 0 Å². The van der Waals surface area contributed by atoms with Gasteiger partial charge < -0.3 is 5.32 Å². The molecule has 0 spiro atoms. The van der Waals surface area contributed by atoms with Gasteiger partial charge in [0.25, 0.3) is 0 Å². The Bertz CT molecular complexity index is 544. The van der Waals surface area contributed by atoms with Crippen molar-refractivity contribution in [2.24, 2.45) is 0 Å². The van der Waals surface area contributed by atoms with E-state index in [2.05, 4.69) is 69.7 Å². The highest BCUT2D eigenvalue weighted by Gasteiger charge is 2.32. The summed E-state index contributed by atoms with van der Waals surface area (Å²) in [6, 6.07) is 13.2. The van der Waals surface area contributed by atoms with Gasteiger partial charge in [0.05, 0.1) is 0 Å². The number of rotatable bonds is 4. The Hall–Kier alpha value is -0.550. The van der Waals surface area contributed by atoms with Crippen LogP contribution in [0.1, 0.15) is 37.0 Å². The maximum absolute atomic E-state index is 3.88. The molecule has 0 saturated heterocycles. The molecule has 20 heavy (non-hydrogen) atoms. The first-order chi connectivity index (χ1) is 9.76. The van der Waals surface area contributed by atoms with E-state index in [0.717, 1.165) is 6.42 Å². The number of hydrogen-bond donors (Lipinski definition) is 1. The Kier molecular flexibility index (Phi) is 4.66. The van der Waals surface area contributed by atoms with E-state index in [-0.39, 0.29) is 5.54 Å². The molecule has 1 aromatic carbocycles. The van der Waals surface area contributed by atoms with E-state index in [9.17, 15) is 0 Å². The Balaban J connectivity index is 1.81. The average Bonchev–Trinajstić information content (AvgIpc) is 2.92. The largest absolute Gasteiger partial charge is 0.379 e. The smallest absolute Gasteiger partial charge is 0.0421 e. The third-order valence-electron chi connectivity index (χ3n) is 4.14. The summed E-state index contributed by atoms with van der Waals surface area (Å²) < 4.78 is 1.30. The fourth-order valence-corrected chi connectivity index (χ4v) is 4.59. The van der Waals surface area contributed by atoms with Gasteiger partial charge in [-0.3, -0.25) is 0 Å². The quantitative estimate of drug-likeness (QED) is 0.652. The van der Waals surface area contributed by atoms with E-state index in [1.165, 1.54) is 46.2 Å². The Morgan fingerprint density at radius 1 is 1.10 bits per heavy atom. The van der Waals surface area contributed by atoms with E-state index in [4.69, 9.17) is 0 Å². The van der Waals surface area contributed by atoms with Crippen LogP contribution < -0.4 is 5.32 Å². The second-order valence-electron chi connectivity index (χ2n) is 5.73. The molecular formula is C17H20INS. The molecule has 1 saturated carbocycles. The van der Waals surface area contributed by atoms with Crippen molar-refractivity contribution in [3.63, 3.8) is 0 Å². The van der Waals surface area contributed by atoms with Crippen LogP contribution >= 0.6 is 33.9 Å². The molecule has 0 unspecified atom stereocenters. The summed E-state index contributed by atoms with van der Waals surface area (Å²) >= 11 is 4.28. The third-order valence-corrected chi connectivity index (χ3v) is 5.68. The first-order valence-electron chi connectivity index (χ1n) is 7.32. The van der Waals surface area contributed by atoms with Gasteiger partial charge in [0.15, 0.2) is 0 Å². The van der Waals surface area contributed by atoms with E-state index in [1.807, 2.05) is 11.3 Å². The Labute approximate surface area is 138 Å². The molecule has 106 valence electrons. The number of halogens is 1. The minimum absolute atomic E-state index is 0.257. The number of anilines is 1. The third kappa shape index (κ3) is 3.55. The second kappa shape index (κ2) is 6.48. The van der Waals surface area contributed by atoms with Gasteiger partial charge in [0.2, 0.25) is 0 Å². The van der Waals surface area contributed by atoms with E-state index >= 15 is 0 Å². The van der Waals surface area contributed by atoms with Crippen molar-refractivity contribution in [2.45, 2.75) is 44.1 Å². The summed E-state index contributed by atoms with van der Waals surface area (Å²) in [6.07, 6.45) is 7.83. The zero-order valence-corrected chi connectivity index (χ0v) is 14.5. The number of benzene rings is 1. The van der Waals surface area contributed by atoms with Gasteiger partial charge in [-0.25, -0.2) is 0 Å². The molecule has 3 rings (SSSR count). The van der Waals surface area contributed by atoms with Gasteiger partial charge in [-0.15, -0.1) is 11.3 Å². The number of thiophene rings is 1. The predicted octanol–water partition coefficient (Wildman–Crippen LogP) is 5.71. The zero-order valence-electron chi connectivity index (χ0n) is 11.6. The summed E-state index contributed by atoms with van der Waals surface area (Å²) in [4.78, 5) is 1.50. The molecule has 1 N–H and O–H groups in total. The highest BCUT2D eigenvalue weighted by atomic mass is 127. The lowest BCUT2D eigenvalue weighted by Crippen LogP contribution is -2.42. The second-order valence-corrected chi connectivity index (χ2v) is 8.01. The Morgan fingerprint density at radius 2 is 1.95 bits per heavy atom. The maximum atomic E-state index is 3.88. The molecule has 0 aliphatic heterocycles. The van der Waals surface area contributed by atoms with Gasteiger partial charge in [-0.2, -0.15) is 0 Å². The van der Waals surface area contributed by atoms with Gasteiger partial charge >= 0.3 is 0 Å². The molecule has 1 aromatic heterocycles. The number of hydrogen-bond acceptors (Lipinski definition) is 2. The lowest BCUT2D eigenvalue weighted by molar-refractivity contribution is 0.323. The van der Waals surface area contributed by atoms with Crippen molar-refractivity contribution in [1.29, 1.82) is 0 Å². The van der Waals surface area contributed by atoms with Crippen LogP contribution in [0.25, 0.3) is 0 Å². The van der Waals surface area contributed by atoms with Crippen molar-refractivity contribution in [3.8, 4) is 0 Å². The molecule has 1 nitrogen and oxygen atoms in total. The molecule has 2 aromatic rings. The fraction of sp³-hybridized carbons (Fsp3) is 0.412. The van der Waals surface area contributed by atoms with E-state index in [1.54, 1.807) is 0 Å². The van der Waals surface area contributed by atoms with Crippen LogP contribution in [0.3, 0.4) is 0 Å². The molecular weight excluding hydrogens is 377 g/mol. The maximum Gasteiger partial charge on any atom is 0.0421 e. The van der Waals surface area contributed by atoms with Crippen molar-refractivity contribution < 1.29 is 0 Å². The Morgan fingerprint density at radius 3 is 2.65 bits per heavy atom. The first-order valence-corrected chi connectivity index (χ1v) is 9.28. The van der Waals surface area contributed by atoms with Gasteiger partial charge in [0.1, 0.15) is 0 Å². The highest BCUT2D eigenvalue weighted by Crippen LogP contribution is 2.35. The van der Waals surface area contributed by atoms with Crippen molar-refractivity contribution in [3.05, 3.63) is 50.2 Å². The van der Waals surface area contributed by atoms with Crippen molar-refractivity contribution >= 4 is 39.6 Å². The standard InChI is InChI=1S/C17H20INS/c18-14-6-4-7-15(12-14)19-17(9-2-1-3-10-17)13-16-8-5-11-20-16/h4-8,11-12,19H,1-3,9-10,13H2. The van der Waals surface area contributed by atoms with Crippen LogP contribution in [-0.2, 0) is 6.42 Å². The zero-order chi connectivity index (χ0) is 13.8. The molecule has 1 aliphatic rings. The van der Waals surface area contributed by atoms with E-state index < -0.39 is 0 Å². The van der Waals surface area contributed by atoms with Crippen LogP contribution in [0.2, 0.25) is 0 Å². The van der Waals surface area contributed by atoms with Crippen molar-refractivity contribution in [2.75, 3.05) is 5.32 Å². The van der Waals surface area contributed by atoms with Crippen molar-refractivity contribution in [1.82, 2.24) is 0 Å². The topological polar surface area (TPSA) is 12.0 Å². The highest BCUT2D eigenvalue weighted by molar-refractivity contribution is 14.1. The molecule has 3 heteroatoms. The monoisotopic (exact) mass is 397 g/mol. The predicted molar refractivity (Wildman–Crippen MR) is 96.6 cm³/mol. The summed E-state index contributed by atoms with van der Waals surface area (Å²) in [7, 11) is 0. The summed E-state index contributed by atoms with van der Waals surface area (Å²) in [5.41, 5.74) is 1.53. The minimum Gasteiger partial charge on any atom is -0.379 e. The average molecular weight is 397 g/mol. The van der Waals surface area contributed by atoms with Crippen LogP contribution in [0.5, 0.6) is 0 Å². The van der Waals surface area contributed by atoms with Crippen LogP contribution in [0, 0.1) is 3.57 Å². The summed E-state index contributed by atoms with van der Waals surface area (Å²) in [5.74, 6) is 0. The summed E-state index contributed by atoms with van der Waals surface area (Å²) in [5, 5.41) is 6.07. The normalized spacial score (nSPS) is 17.9. The van der Waals surface area contributed by atoms with Gasteiger partial charge in [-0.1, -0.05) is 31.4 Å². The molecule has 0 atom stereocenters. The molecule has 0 amide bonds. The van der Waals surface area contributed by atoms with Crippen LogP contribution in [0.4, 0.5) is 5.69 Å². The van der Waals surface area contributed by atoms with Crippen LogP contribution in [0.15, 0.2) is 41.8 Å².